The first-order valence-corrected chi connectivity index (χ1v) is 12.6. The van der Waals surface area contributed by atoms with Crippen molar-refractivity contribution in [1.82, 2.24) is 25.4 Å². The van der Waals surface area contributed by atoms with Crippen LogP contribution in [0.3, 0.4) is 0 Å². The number of nitrogens with one attached hydrogen (secondary N) is 2. The minimum Gasteiger partial charge on any atom is -0.449 e. The highest BCUT2D eigenvalue weighted by molar-refractivity contribution is 5.96. The lowest BCUT2D eigenvalue weighted by atomic mass is 9.90. The second-order valence-electron chi connectivity index (χ2n) is 10.0. The van der Waals surface area contributed by atoms with Crippen molar-refractivity contribution in [2.45, 2.75) is 40.0 Å². The van der Waals surface area contributed by atoms with Crippen LogP contribution in [0.4, 0.5) is 0 Å². The molecule has 4 heterocycles. The maximum Gasteiger partial charge on any atom is 0.287 e. The number of hydrogen-bond acceptors (Lipinski definition) is 5. The first kappa shape index (κ1) is 26.1. The summed E-state index contributed by atoms with van der Waals surface area (Å²) in [5, 5.41) is 10.9. The number of piperidine rings is 1. The summed E-state index contributed by atoms with van der Waals surface area (Å²) < 4.78 is 5.59. The molecule has 1 atom stereocenters. The lowest BCUT2D eigenvalue weighted by Crippen LogP contribution is -2.40. The largest absolute Gasteiger partial charge is 0.449 e. The number of amides is 2. The molecule has 1 aliphatic heterocycles. The zero-order valence-electron chi connectivity index (χ0n) is 21.8. The molecule has 1 spiro atoms. The van der Waals surface area contributed by atoms with Gasteiger partial charge in [-0.25, -0.2) is 0 Å². The average Bonchev–Trinajstić information content (AvgIpc) is 3.20. The fourth-order valence-corrected chi connectivity index (χ4v) is 5.04. The summed E-state index contributed by atoms with van der Waals surface area (Å²) in [6.07, 6.45) is 11.9. The van der Waals surface area contributed by atoms with Gasteiger partial charge in [0.2, 0.25) is 0 Å². The van der Waals surface area contributed by atoms with Gasteiger partial charge in [-0.1, -0.05) is 37.0 Å². The number of carbonyl (C=O) groups excluding carboxylic acids is 2. The van der Waals surface area contributed by atoms with E-state index in [1.165, 1.54) is 0 Å². The van der Waals surface area contributed by atoms with Gasteiger partial charge in [0.15, 0.2) is 11.3 Å². The molecule has 8 heteroatoms. The number of aryl methyl sites for hydroxylation is 2. The summed E-state index contributed by atoms with van der Waals surface area (Å²) in [5.74, 6) is 0.659. The number of carbonyl (C=O) groups is 2. The lowest BCUT2D eigenvalue weighted by molar-refractivity contribution is 0.0667. The number of hydrogen-bond donors (Lipinski definition) is 2. The van der Waals surface area contributed by atoms with Crippen molar-refractivity contribution in [2.75, 3.05) is 19.6 Å². The Kier molecular flexibility index (Phi) is 7.76. The summed E-state index contributed by atoms with van der Waals surface area (Å²) in [4.78, 5) is 31.3. The van der Waals surface area contributed by atoms with Crippen molar-refractivity contribution in [1.29, 1.82) is 0 Å². The van der Waals surface area contributed by atoms with Crippen molar-refractivity contribution >= 4 is 22.8 Å². The van der Waals surface area contributed by atoms with Gasteiger partial charge in [-0.05, 0) is 63.5 Å². The summed E-state index contributed by atoms with van der Waals surface area (Å²) >= 11 is 0. The van der Waals surface area contributed by atoms with Gasteiger partial charge in [0.1, 0.15) is 0 Å². The average molecular weight is 502 g/mol. The Morgan fingerprint density at radius 1 is 1.32 bits per heavy atom. The predicted molar refractivity (Wildman–Crippen MR) is 144 cm³/mol. The van der Waals surface area contributed by atoms with Crippen LogP contribution in [0.2, 0.25) is 0 Å². The summed E-state index contributed by atoms with van der Waals surface area (Å²) in [5.41, 5.74) is 4.21. The number of aromatic nitrogens is 3. The van der Waals surface area contributed by atoms with E-state index in [1.54, 1.807) is 24.5 Å². The van der Waals surface area contributed by atoms with Gasteiger partial charge in [0.25, 0.3) is 11.8 Å². The SMILES string of the molecule is C=C/C=C\C(=C)C.Cc1n[nH]c(C)c1C(=O)N1CCC2(CC1)CC2CNC(=O)c1cc2ccncc2o1. The van der Waals surface area contributed by atoms with Gasteiger partial charge in [-0.3, -0.25) is 19.7 Å². The fourth-order valence-electron chi connectivity index (χ4n) is 5.04. The fraction of sp³-hybridized carbons (Fsp3) is 0.379. The highest BCUT2D eigenvalue weighted by Crippen LogP contribution is 2.59. The van der Waals surface area contributed by atoms with E-state index < -0.39 is 0 Å². The van der Waals surface area contributed by atoms with Crippen molar-refractivity contribution in [3.05, 3.63) is 84.2 Å². The van der Waals surface area contributed by atoms with Crippen LogP contribution in [-0.4, -0.2) is 51.5 Å². The Labute approximate surface area is 217 Å². The zero-order valence-corrected chi connectivity index (χ0v) is 21.8. The second-order valence-corrected chi connectivity index (χ2v) is 10.0. The van der Waals surface area contributed by atoms with Crippen LogP contribution in [0.1, 0.15) is 58.5 Å². The van der Waals surface area contributed by atoms with E-state index >= 15 is 0 Å². The van der Waals surface area contributed by atoms with Crippen molar-refractivity contribution in [3.8, 4) is 0 Å². The molecule has 37 heavy (non-hydrogen) atoms. The number of nitrogens with zero attached hydrogens (tertiary/aromatic N) is 3. The van der Waals surface area contributed by atoms with E-state index in [-0.39, 0.29) is 17.2 Å². The minimum absolute atomic E-state index is 0.0680. The van der Waals surface area contributed by atoms with Crippen molar-refractivity contribution < 1.29 is 14.0 Å². The number of aromatic amines is 1. The lowest BCUT2D eigenvalue weighted by Gasteiger charge is -2.33. The highest BCUT2D eigenvalue weighted by atomic mass is 16.3. The summed E-state index contributed by atoms with van der Waals surface area (Å²) in [6.45, 7) is 15.0. The number of rotatable bonds is 6. The van der Waals surface area contributed by atoms with Crippen LogP contribution in [0.15, 0.2) is 65.9 Å². The molecular weight excluding hydrogens is 466 g/mol. The van der Waals surface area contributed by atoms with Gasteiger partial charge in [-0.2, -0.15) is 5.10 Å². The van der Waals surface area contributed by atoms with E-state index in [9.17, 15) is 9.59 Å². The second kappa shape index (κ2) is 11.0. The number of fused-ring (bicyclic) bond motifs is 1. The maximum atomic E-state index is 12.9. The van der Waals surface area contributed by atoms with Crippen LogP contribution >= 0.6 is 0 Å². The van der Waals surface area contributed by atoms with E-state index in [4.69, 9.17) is 4.42 Å². The smallest absolute Gasteiger partial charge is 0.287 e. The Bertz CT molecular complexity index is 1290. The molecule has 1 aliphatic carbocycles. The highest BCUT2D eigenvalue weighted by Gasteiger charge is 2.55. The van der Waals surface area contributed by atoms with E-state index in [1.807, 2.05) is 43.9 Å². The molecule has 1 unspecified atom stereocenters. The van der Waals surface area contributed by atoms with Crippen molar-refractivity contribution in [3.63, 3.8) is 0 Å². The molecule has 2 fully saturated rings. The van der Waals surface area contributed by atoms with Crippen LogP contribution < -0.4 is 5.32 Å². The monoisotopic (exact) mass is 501 g/mol. The predicted octanol–water partition coefficient (Wildman–Crippen LogP) is 5.14. The Balaban J connectivity index is 0.000000405. The quantitative estimate of drug-likeness (QED) is 0.455. The third-order valence-corrected chi connectivity index (χ3v) is 7.32. The third-order valence-electron chi connectivity index (χ3n) is 7.32. The van der Waals surface area contributed by atoms with E-state index in [0.29, 0.717) is 29.4 Å². The summed E-state index contributed by atoms with van der Waals surface area (Å²) in [7, 11) is 0. The zero-order chi connectivity index (χ0) is 26.6. The third kappa shape index (κ3) is 5.90. The standard InChI is InChI=1S/C22H25N5O3.C7H10/c1-13-19(14(2)26-25-13)21(29)27-7-4-22(5-8-27)10-16(22)11-24-20(28)17-9-15-3-6-23-12-18(15)30-17;1-4-5-6-7(2)3/h3,6,9,12,16H,4-5,7-8,10-11H2,1-2H3,(H,24,28)(H,25,26);4-6H,1-2H2,3H3/b;6-5-. The molecule has 194 valence electrons. The molecule has 2 N–H and O–H groups in total. The van der Waals surface area contributed by atoms with Crippen LogP contribution in [0, 0.1) is 25.2 Å². The topological polar surface area (TPSA) is 104 Å². The van der Waals surface area contributed by atoms with E-state index in [2.05, 4.69) is 33.7 Å². The van der Waals surface area contributed by atoms with Gasteiger partial charge in [-0.15, -0.1) is 0 Å². The molecule has 3 aromatic heterocycles. The number of H-pyrrole nitrogens is 1. The first-order chi connectivity index (χ1) is 17.7. The molecule has 0 aromatic carbocycles. The number of likely N-dealkylation sites (tertiary alicyclic amines) is 1. The molecule has 8 nitrogen and oxygen atoms in total. The van der Waals surface area contributed by atoms with Gasteiger partial charge in [0, 0.05) is 36.9 Å². The molecule has 0 bridgehead atoms. The number of furan rings is 1. The molecule has 1 saturated carbocycles. The molecule has 1 saturated heterocycles. The minimum atomic E-state index is -0.188. The number of allylic oxidation sites excluding steroid dienone is 4. The van der Waals surface area contributed by atoms with Gasteiger partial charge >= 0.3 is 0 Å². The molecule has 5 rings (SSSR count). The van der Waals surface area contributed by atoms with Gasteiger partial charge < -0.3 is 14.6 Å². The molecule has 3 aromatic rings. The summed E-state index contributed by atoms with van der Waals surface area (Å²) in [6, 6.07) is 3.58. The van der Waals surface area contributed by atoms with Gasteiger partial charge in [0.05, 0.1) is 17.5 Å². The number of pyridine rings is 1. The first-order valence-electron chi connectivity index (χ1n) is 12.6. The van der Waals surface area contributed by atoms with E-state index in [0.717, 1.165) is 54.7 Å². The van der Waals surface area contributed by atoms with Crippen LogP contribution in [-0.2, 0) is 0 Å². The Morgan fingerprint density at radius 2 is 2.08 bits per heavy atom. The Hall–Kier alpha value is -3.94. The molecule has 2 amide bonds. The molecular formula is C29H35N5O3. The normalized spacial score (nSPS) is 17.9. The van der Waals surface area contributed by atoms with Crippen LogP contribution in [0.25, 0.3) is 11.0 Å². The maximum absolute atomic E-state index is 12.9. The molecule has 2 aliphatic rings. The van der Waals surface area contributed by atoms with Crippen molar-refractivity contribution in [2.24, 2.45) is 11.3 Å². The molecule has 0 radical (unpaired) electrons. The van der Waals surface area contributed by atoms with Crippen LogP contribution in [0.5, 0.6) is 0 Å². The Morgan fingerprint density at radius 3 is 2.68 bits per heavy atom.